The third-order valence-corrected chi connectivity index (χ3v) is 3.87. The van der Waals surface area contributed by atoms with Gasteiger partial charge in [-0.25, -0.2) is 4.98 Å². The number of hydrogen-bond acceptors (Lipinski definition) is 4. The first-order chi connectivity index (χ1) is 13.2. The van der Waals surface area contributed by atoms with Crippen LogP contribution in [0.25, 0.3) is 0 Å². The second-order valence-corrected chi connectivity index (χ2v) is 5.78. The summed E-state index contributed by atoms with van der Waals surface area (Å²) < 4.78 is 5.11. The number of nitrogens with one attached hydrogen (secondary N) is 3. The minimum absolute atomic E-state index is 0.248. The van der Waals surface area contributed by atoms with Crippen molar-refractivity contribution in [3.63, 3.8) is 0 Å². The Morgan fingerprint density at radius 2 is 2.00 bits per heavy atom. The SMILES string of the molecule is COc1[c]c(NC(=O)[C@H](Cc2c[nH]cn2)NC(=O)c2ccccc2)ccc1. The number of methoxy groups -OCH3 is 1. The number of aromatic amines is 1. The van der Waals surface area contributed by atoms with Crippen molar-refractivity contribution in [3.8, 4) is 5.75 Å². The van der Waals surface area contributed by atoms with Crippen LogP contribution in [0, 0.1) is 6.07 Å². The topological polar surface area (TPSA) is 96.1 Å². The zero-order chi connectivity index (χ0) is 19.1. The van der Waals surface area contributed by atoms with Crippen LogP contribution in [0.1, 0.15) is 16.1 Å². The largest absolute Gasteiger partial charge is 0.496 e. The lowest BCUT2D eigenvalue weighted by Gasteiger charge is -2.18. The molecule has 3 aromatic rings. The zero-order valence-corrected chi connectivity index (χ0v) is 14.7. The van der Waals surface area contributed by atoms with Gasteiger partial charge < -0.3 is 20.4 Å². The summed E-state index contributed by atoms with van der Waals surface area (Å²) in [5.41, 5.74) is 1.60. The summed E-state index contributed by atoms with van der Waals surface area (Å²) in [5, 5.41) is 5.53. The number of rotatable bonds is 7. The molecule has 1 radical (unpaired) electrons. The molecule has 0 unspecified atom stereocenters. The van der Waals surface area contributed by atoms with E-state index >= 15 is 0 Å². The number of hydrogen-bond donors (Lipinski definition) is 3. The van der Waals surface area contributed by atoms with E-state index in [0.717, 1.165) is 0 Å². The fraction of sp³-hybridized carbons (Fsp3) is 0.150. The molecule has 7 heteroatoms. The molecule has 1 heterocycles. The third-order valence-electron chi connectivity index (χ3n) is 3.87. The van der Waals surface area contributed by atoms with Crippen molar-refractivity contribution in [1.29, 1.82) is 0 Å². The molecule has 0 fully saturated rings. The van der Waals surface area contributed by atoms with Gasteiger partial charge in [0.1, 0.15) is 11.8 Å². The van der Waals surface area contributed by atoms with Crippen LogP contribution in [-0.2, 0) is 11.2 Å². The number of carbonyl (C=O) groups excluding carboxylic acids is 2. The lowest BCUT2D eigenvalue weighted by Crippen LogP contribution is -2.45. The van der Waals surface area contributed by atoms with E-state index in [2.05, 4.69) is 26.7 Å². The van der Waals surface area contributed by atoms with E-state index in [1.165, 1.54) is 13.4 Å². The van der Waals surface area contributed by atoms with Crippen LogP contribution in [0.15, 0.2) is 61.1 Å². The maximum atomic E-state index is 12.8. The van der Waals surface area contributed by atoms with Gasteiger partial charge in [0.15, 0.2) is 0 Å². The molecule has 0 spiro atoms. The maximum absolute atomic E-state index is 12.8. The van der Waals surface area contributed by atoms with Gasteiger partial charge in [0.05, 0.1) is 30.9 Å². The van der Waals surface area contributed by atoms with Crippen molar-refractivity contribution in [2.45, 2.75) is 12.5 Å². The van der Waals surface area contributed by atoms with Gasteiger partial charge in [-0.3, -0.25) is 9.59 Å². The number of aromatic nitrogens is 2. The van der Waals surface area contributed by atoms with Gasteiger partial charge in [-0.15, -0.1) is 0 Å². The molecule has 7 nitrogen and oxygen atoms in total. The molecule has 0 aliphatic carbocycles. The fourth-order valence-electron chi connectivity index (χ4n) is 2.51. The van der Waals surface area contributed by atoms with Crippen molar-refractivity contribution < 1.29 is 14.3 Å². The number of ether oxygens (including phenoxy) is 1. The van der Waals surface area contributed by atoms with Gasteiger partial charge in [0, 0.05) is 18.2 Å². The van der Waals surface area contributed by atoms with Crippen LogP contribution in [-0.4, -0.2) is 34.9 Å². The highest BCUT2D eigenvalue weighted by Gasteiger charge is 2.23. The summed E-state index contributed by atoms with van der Waals surface area (Å²) in [5.74, 6) is -0.197. The second-order valence-electron chi connectivity index (χ2n) is 5.78. The monoisotopic (exact) mass is 363 g/mol. The quantitative estimate of drug-likeness (QED) is 0.600. The predicted octanol–water partition coefficient (Wildman–Crippen LogP) is 2.20. The Morgan fingerprint density at radius 3 is 2.70 bits per heavy atom. The van der Waals surface area contributed by atoms with E-state index < -0.39 is 6.04 Å². The molecule has 137 valence electrons. The average Bonchev–Trinajstić information content (AvgIpc) is 3.21. The predicted molar refractivity (Wildman–Crippen MR) is 100 cm³/mol. The zero-order valence-electron chi connectivity index (χ0n) is 14.7. The molecule has 27 heavy (non-hydrogen) atoms. The van der Waals surface area contributed by atoms with Crippen LogP contribution < -0.4 is 15.4 Å². The van der Waals surface area contributed by atoms with E-state index in [9.17, 15) is 9.59 Å². The lowest BCUT2D eigenvalue weighted by molar-refractivity contribution is -0.118. The van der Waals surface area contributed by atoms with Gasteiger partial charge >= 0.3 is 0 Å². The van der Waals surface area contributed by atoms with E-state index in [-0.39, 0.29) is 18.2 Å². The van der Waals surface area contributed by atoms with Crippen molar-refractivity contribution in [1.82, 2.24) is 15.3 Å². The van der Waals surface area contributed by atoms with Gasteiger partial charge in [0.2, 0.25) is 5.91 Å². The normalized spacial score (nSPS) is 11.4. The minimum Gasteiger partial charge on any atom is -0.496 e. The Morgan fingerprint density at radius 1 is 1.19 bits per heavy atom. The van der Waals surface area contributed by atoms with Gasteiger partial charge in [0.25, 0.3) is 5.91 Å². The highest BCUT2D eigenvalue weighted by atomic mass is 16.5. The Hall–Kier alpha value is -3.61. The molecule has 1 aromatic heterocycles. The van der Waals surface area contributed by atoms with Gasteiger partial charge in [-0.1, -0.05) is 24.3 Å². The van der Waals surface area contributed by atoms with E-state index in [1.54, 1.807) is 48.7 Å². The fourth-order valence-corrected chi connectivity index (χ4v) is 2.51. The standard InChI is InChI=1S/C20H19N4O3/c1-27-17-9-5-8-15(10-17)23-20(26)18(11-16-12-21-13-22-16)24-19(25)14-6-3-2-4-7-14/h2-9,12-13,18H,11H2,1H3,(H,21,22)(H,23,26)(H,24,25)/t18-/m0/s1. The third kappa shape index (κ3) is 4.94. The van der Waals surface area contributed by atoms with Crippen molar-refractivity contribution in [2.75, 3.05) is 12.4 Å². The number of imidazole rings is 1. The molecule has 2 amide bonds. The van der Waals surface area contributed by atoms with E-state index in [0.29, 0.717) is 22.7 Å². The van der Waals surface area contributed by atoms with Crippen LogP contribution in [0.2, 0.25) is 0 Å². The molecule has 0 aliphatic rings. The van der Waals surface area contributed by atoms with Crippen molar-refractivity contribution >= 4 is 17.5 Å². The smallest absolute Gasteiger partial charge is 0.251 e. The molecule has 0 bridgehead atoms. The first-order valence-corrected chi connectivity index (χ1v) is 8.36. The Bertz CT molecular complexity index is 895. The first-order valence-electron chi connectivity index (χ1n) is 8.36. The Balaban J connectivity index is 1.76. The molecule has 2 aromatic carbocycles. The molecule has 0 aliphatic heterocycles. The highest BCUT2D eigenvalue weighted by molar-refractivity contribution is 6.01. The van der Waals surface area contributed by atoms with Crippen molar-refractivity contribution in [2.24, 2.45) is 0 Å². The van der Waals surface area contributed by atoms with Gasteiger partial charge in [-0.2, -0.15) is 0 Å². The summed E-state index contributed by atoms with van der Waals surface area (Å²) in [6.07, 6.45) is 3.46. The lowest BCUT2D eigenvalue weighted by atomic mass is 10.1. The molecule has 1 atom stereocenters. The summed E-state index contributed by atoms with van der Waals surface area (Å²) in [6, 6.07) is 16.0. The average molecular weight is 363 g/mol. The molecule has 0 saturated carbocycles. The van der Waals surface area contributed by atoms with Crippen LogP contribution in [0.4, 0.5) is 5.69 Å². The maximum Gasteiger partial charge on any atom is 0.251 e. The second kappa shape index (κ2) is 8.66. The minimum atomic E-state index is -0.805. The van der Waals surface area contributed by atoms with Crippen LogP contribution >= 0.6 is 0 Å². The number of nitrogens with zero attached hydrogens (tertiary/aromatic N) is 1. The Labute approximate surface area is 156 Å². The van der Waals surface area contributed by atoms with E-state index in [4.69, 9.17) is 4.74 Å². The van der Waals surface area contributed by atoms with Crippen molar-refractivity contribution in [3.05, 3.63) is 78.4 Å². The molecule has 3 N–H and O–H groups in total. The Kier molecular flexibility index (Phi) is 5.84. The summed E-state index contributed by atoms with van der Waals surface area (Å²) in [4.78, 5) is 32.3. The van der Waals surface area contributed by atoms with Gasteiger partial charge in [-0.05, 0) is 24.3 Å². The molecule has 3 rings (SSSR count). The number of anilines is 1. The molecular weight excluding hydrogens is 344 g/mol. The summed E-state index contributed by atoms with van der Waals surface area (Å²) >= 11 is 0. The highest BCUT2D eigenvalue weighted by Crippen LogP contribution is 2.16. The number of amides is 2. The summed E-state index contributed by atoms with van der Waals surface area (Å²) in [6.45, 7) is 0. The number of carbonyl (C=O) groups is 2. The van der Waals surface area contributed by atoms with E-state index in [1.807, 2.05) is 6.07 Å². The first kappa shape index (κ1) is 18.2. The number of H-pyrrole nitrogens is 1. The van der Waals surface area contributed by atoms with Crippen LogP contribution in [0.5, 0.6) is 5.75 Å². The molecule has 0 saturated heterocycles. The summed E-state index contributed by atoms with van der Waals surface area (Å²) in [7, 11) is 1.53. The van der Waals surface area contributed by atoms with Crippen LogP contribution in [0.3, 0.4) is 0 Å². The number of benzene rings is 2. The molecular formula is C20H19N4O3.